The number of nitrogens with one attached hydrogen (secondary N) is 1. The fourth-order valence-corrected chi connectivity index (χ4v) is 3.55. The Kier molecular flexibility index (Phi) is 7.06. The summed E-state index contributed by atoms with van der Waals surface area (Å²) in [6.07, 6.45) is 0. The summed E-state index contributed by atoms with van der Waals surface area (Å²) < 4.78 is 0. The van der Waals surface area contributed by atoms with Crippen LogP contribution in [0, 0.1) is 13.8 Å². The van der Waals surface area contributed by atoms with Crippen LogP contribution in [-0.4, -0.2) is 48.5 Å². The minimum Gasteiger partial charge on any atom is -0.370 e. The molecule has 3 rings (SSSR count). The van der Waals surface area contributed by atoms with Crippen LogP contribution in [0.3, 0.4) is 0 Å². The summed E-state index contributed by atoms with van der Waals surface area (Å²) in [6.45, 7) is 13.7. The molecule has 0 unspecified atom stereocenters. The topological polar surface area (TPSA) is 56.9 Å². The minimum absolute atomic E-state index is 0.453. The van der Waals surface area contributed by atoms with Crippen molar-refractivity contribution in [2.75, 3.05) is 38.0 Å². The molecule has 0 atom stereocenters. The number of aryl methyl sites for hydroxylation is 2. The Morgan fingerprint density at radius 2 is 1.64 bits per heavy atom. The van der Waals surface area contributed by atoms with E-state index in [4.69, 9.17) is 5.73 Å². The normalized spacial score (nSPS) is 16.3. The Morgan fingerprint density at radius 3 is 2.32 bits per heavy atom. The minimum atomic E-state index is 0.453. The average Bonchev–Trinajstić information content (AvgIpc) is 2.71. The Labute approximate surface area is 169 Å². The second kappa shape index (κ2) is 9.71. The molecule has 2 aromatic carbocycles. The molecule has 2 aromatic rings. The predicted octanol–water partition coefficient (Wildman–Crippen LogP) is 3.37. The fourth-order valence-electron chi connectivity index (χ4n) is 3.55. The standard InChI is InChI=1S/C23H33N5/c1-4-27-11-13-28(14-12-27)17-21-8-6-5-7-20(21)16-25-23(24)26-22-10-9-18(2)19(3)15-22/h5-10,15H,4,11-14,16-17H2,1-3H3,(H3,24,25,26). The highest BCUT2D eigenvalue weighted by Crippen LogP contribution is 2.16. The van der Waals surface area contributed by atoms with Crippen LogP contribution >= 0.6 is 0 Å². The zero-order valence-corrected chi connectivity index (χ0v) is 17.4. The van der Waals surface area contributed by atoms with Crippen LogP contribution in [-0.2, 0) is 13.1 Å². The van der Waals surface area contributed by atoms with Gasteiger partial charge in [0.25, 0.3) is 0 Å². The van der Waals surface area contributed by atoms with E-state index in [0.717, 1.165) is 45.0 Å². The highest BCUT2D eigenvalue weighted by atomic mass is 15.3. The first kappa shape index (κ1) is 20.4. The molecule has 3 N–H and O–H groups in total. The smallest absolute Gasteiger partial charge is 0.193 e. The van der Waals surface area contributed by atoms with E-state index in [-0.39, 0.29) is 0 Å². The van der Waals surface area contributed by atoms with Gasteiger partial charge in [-0.05, 0) is 54.8 Å². The fraction of sp³-hybridized carbons (Fsp3) is 0.435. The van der Waals surface area contributed by atoms with Gasteiger partial charge in [0.1, 0.15) is 0 Å². The van der Waals surface area contributed by atoms with Crippen molar-refractivity contribution in [2.45, 2.75) is 33.9 Å². The molecule has 0 bridgehead atoms. The van der Waals surface area contributed by atoms with E-state index in [9.17, 15) is 0 Å². The van der Waals surface area contributed by atoms with Crippen molar-refractivity contribution < 1.29 is 0 Å². The first-order chi connectivity index (χ1) is 13.5. The first-order valence-electron chi connectivity index (χ1n) is 10.2. The maximum atomic E-state index is 6.13. The lowest BCUT2D eigenvalue weighted by atomic mass is 10.1. The summed E-state index contributed by atoms with van der Waals surface area (Å²) in [7, 11) is 0. The van der Waals surface area contributed by atoms with Crippen molar-refractivity contribution in [1.82, 2.24) is 9.80 Å². The van der Waals surface area contributed by atoms with Gasteiger partial charge in [0.2, 0.25) is 0 Å². The van der Waals surface area contributed by atoms with Crippen molar-refractivity contribution in [3.8, 4) is 0 Å². The van der Waals surface area contributed by atoms with Gasteiger partial charge >= 0.3 is 0 Å². The van der Waals surface area contributed by atoms with Crippen molar-refractivity contribution in [3.05, 3.63) is 64.7 Å². The van der Waals surface area contributed by atoms with Crippen LogP contribution in [0.2, 0.25) is 0 Å². The highest BCUT2D eigenvalue weighted by Gasteiger charge is 2.16. The molecule has 0 amide bonds. The number of aliphatic imine (C=N–C) groups is 1. The molecular formula is C23H33N5. The van der Waals surface area contributed by atoms with E-state index < -0.39 is 0 Å². The Hall–Kier alpha value is -2.37. The van der Waals surface area contributed by atoms with E-state index >= 15 is 0 Å². The molecule has 5 nitrogen and oxygen atoms in total. The molecule has 5 heteroatoms. The van der Waals surface area contributed by atoms with Gasteiger partial charge in [-0.3, -0.25) is 4.90 Å². The lowest BCUT2D eigenvalue weighted by molar-refractivity contribution is 0.131. The molecule has 0 aliphatic carbocycles. The van der Waals surface area contributed by atoms with Crippen LogP contribution < -0.4 is 11.1 Å². The largest absolute Gasteiger partial charge is 0.370 e. The second-order valence-corrected chi connectivity index (χ2v) is 7.60. The van der Waals surface area contributed by atoms with Gasteiger partial charge in [-0.15, -0.1) is 0 Å². The van der Waals surface area contributed by atoms with E-state index in [1.165, 1.54) is 22.3 Å². The Morgan fingerprint density at radius 1 is 0.964 bits per heavy atom. The molecule has 1 aliphatic heterocycles. The van der Waals surface area contributed by atoms with E-state index in [1.807, 2.05) is 6.07 Å². The van der Waals surface area contributed by atoms with E-state index in [0.29, 0.717) is 12.5 Å². The predicted molar refractivity (Wildman–Crippen MR) is 119 cm³/mol. The lowest BCUT2D eigenvalue weighted by Gasteiger charge is -2.34. The van der Waals surface area contributed by atoms with E-state index in [2.05, 4.69) is 77.3 Å². The van der Waals surface area contributed by atoms with Crippen LogP contribution in [0.1, 0.15) is 29.2 Å². The number of piperazine rings is 1. The van der Waals surface area contributed by atoms with Gasteiger partial charge in [-0.25, -0.2) is 4.99 Å². The van der Waals surface area contributed by atoms with E-state index in [1.54, 1.807) is 0 Å². The van der Waals surface area contributed by atoms with Crippen LogP contribution in [0.5, 0.6) is 0 Å². The summed E-state index contributed by atoms with van der Waals surface area (Å²) in [6, 6.07) is 14.8. The number of rotatable bonds is 6. The molecule has 1 saturated heterocycles. The maximum Gasteiger partial charge on any atom is 0.193 e. The number of guanidine groups is 1. The SMILES string of the molecule is CCN1CCN(Cc2ccccc2CN=C(N)Nc2ccc(C)c(C)c2)CC1. The maximum absolute atomic E-state index is 6.13. The van der Waals surface area contributed by atoms with Crippen molar-refractivity contribution in [1.29, 1.82) is 0 Å². The zero-order valence-electron chi connectivity index (χ0n) is 17.4. The van der Waals surface area contributed by atoms with Gasteiger partial charge in [0, 0.05) is 38.4 Å². The number of likely N-dealkylation sites (N-methyl/N-ethyl adjacent to an activating group) is 1. The number of hydrogen-bond acceptors (Lipinski definition) is 3. The Balaban J connectivity index is 1.61. The summed E-state index contributed by atoms with van der Waals surface area (Å²) in [5, 5.41) is 3.20. The monoisotopic (exact) mass is 379 g/mol. The first-order valence-corrected chi connectivity index (χ1v) is 10.2. The number of nitrogens with zero attached hydrogens (tertiary/aromatic N) is 3. The zero-order chi connectivity index (χ0) is 19.9. The van der Waals surface area contributed by atoms with Crippen molar-refractivity contribution in [3.63, 3.8) is 0 Å². The highest BCUT2D eigenvalue weighted by molar-refractivity contribution is 5.92. The molecule has 1 fully saturated rings. The molecule has 1 heterocycles. The molecule has 0 saturated carbocycles. The van der Waals surface area contributed by atoms with Gasteiger partial charge in [-0.2, -0.15) is 0 Å². The van der Waals surface area contributed by atoms with Crippen molar-refractivity contribution in [2.24, 2.45) is 10.7 Å². The molecule has 28 heavy (non-hydrogen) atoms. The third kappa shape index (κ3) is 5.57. The number of anilines is 1. The number of benzene rings is 2. The van der Waals surface area contributed by atoms with Crippen LogP contribution in [0.4, 0.5) is 5.69 Å². The molecule has 0 radical (unpaired) electrons. The van der Waals surface area contributed by atoms with Crippen LogP contribution in [0.25, 0.3) is 0 Å². The Bertz CT molecular complexity index is 806. The van der Waals surface area contributed by atoms with Crippen molar-refractivity contribution >= 4 is 11.6 Å². The van der Waals surface area contributed by atoms with Gasteiger partial charge in [0.15, 0.2) is 5.96 Å². The summed E-state index contributed by atoms with van der Waals surface area (Å²) in [5.74, 6) is 0.453. The second-order valence-electron chi connectivity index (χ2n) is 7.60. The third-order valence-corrected chi connectivity index (χ3v) is 5.62. The quantitative estimate of drug-likeness (QED) is 0.597. The van der Waals surface area contributed by atoms with Gasteiger partial charge in [0.05, 0.1) is 6.54 Å². The van der Waals surface area contributed by atoms with Gasteiger partial charge < -0.3 is 16.0 Å². The van der Waals surface area contributed by atoms with Crippen LogP contribution in [0.15, 0.2) is 47.5 Å². The third-order valence-electron chi connectivity index (χ3n) is 5.62. The summed E-state index contributed by atoms with van der Waals surface area (Å²) >= 11 is 0. The molecular weight excluding hydrogens is 346 g/mol. The summed E-state index contributed by atoms with van der Waals surface area (Å²) in [5.41, 5.74) is 12.2. The average molecular weight is 380 g/mol. The lowest BCUT2D eigenvalue weighted by Crippen LogP contribution is -2.45. The molecule has 0 spiro atoms. The molecule has 0 aromatic heterocycles. The van der Waals surface area contributed by atoms with Gasteiger partial charge in [-0.1, -0.05) is 37.3 Å². The molecule has 1 aliphatic rings. The number of nitrogens with two attached hydrogens (primary N) is 1. The molecule has 150 valence electrons. The number of hydrogen-bond donors (Lipinski definition) is 2. The summed E-state index contributed by atoms with van der Waals surface area (Å²) in [4.78, 5) is 9.62.